The van der Waals surface area contributed by atoms with E-state index in [9.17, 15) is 9.59 Å². The highest BCUT2D eigenvalue weighted by atomic mass is 16.5. The molecular formula is C10H16N2O4. The molecule has 4 atom stereocenters. The average Bonchev–Trinajstić information content (AvgIpc) is 2.90. The molecule has 1 saturated heterocycles. The molecule has 0 aromatic rings. The highest BCUT2D eigenvalue weighted by Crippen LogP contribution is 2.39. The van der Waals surface area contributed by atoms with Gasteiger partial charge in [-0.15, -0.1) is 0 Å². The van der Waals surface area contributed by atoms with Crippen LogP contribution in [0.1, 0.15) is 0 Å². The first-order valence-electron chi connectivity index (χ1n) is 5.01. The second-order valence-corrected chi connectivity index (χ2v) is 3.45. The van der Waals surface area contributed by atoms with Crippen LogP contribution in [-0.4, -0.2) is 43.3 Å². The van der Waals surface area contributed by atoms with E-state index < -0.39 is 23.9 Å². The molecule has 16 heavy (non-hydrogen) atoms. The van der Waals surface area contributed by atoms with Crippen molar-refractivity contribution in [3.8, 4) is 0 Å². The molecule has 0 aromatic carbocycles. The second kappa shape index (κ2) is 5.09. The molecule has 0 aliphatic carbocycles. The Morgan fingerprint density at radius 3 is 2.19 bits per heavy atom. The molecule has 90 valence electrons. The van der Waals surface area contributed by atoms with E-state index in [1.807, 2.05) is 0 Å². The van der Waals surface area contributed by atoms with Crippen molar-refractivity contribution >= 4 is 11.9 Å². The standard InChI is InChI=1S/C9H11NO4.CH5N/c1-10-8(11)6-4-2-3-5(14-4)7(6)9(12)13;1-2/h2-7H,1H3,(H,10,11)(H,12,13);2H2,1H3/t4-,5+,6?,7?;/m1./s1. The van der Waals surface area contributed by atoms with Gasteiger partial charge in [0.2, 0.25) is 5.91 Å². The maximum atomic E-state index is 11.4. The average molecular weight is 228 g/mol. The fourth-order valence-corrected chi connectivity index (χ4v) is 2.08. The molecule has 4 N–H and O–H groups in total. The van der Waals surface area contributed by atoms with Gasteiger partial charge in [-0.25, -0.2) is 0 Å². The first-order valence-corrected chi connectivity index (χ1v) is 5.01. The summed E-state index contributed by atoms with van der Waals surface area (Å²) in [5, 5.41) is 11.4. The van der Waals surface area contributed by atoms with E-state index in [1.54, 1.807) is 12.2 Å². The Labute approximate surface area is 93.4 Å². The topological polar surface area (TPSA) is 102 Å². The van der Waals surface area contributed by atoms with Crippen molar-refractivity contribution in [3.05, 3.63) is 12.2 Å². The van der Waals surface area contributed by atoms with E-state index in [-0.39, 0.29) is 12.0 Å². The Bertz CT molecular complexity index is 316. The summed E-state index contributed by atoms with van der Waals surface area (Å²) in [6.45, 7) is 0. The van der Waals surface area contributed by atoms with Crippen molar-refractivity contribution in [3.63, 3.8) is 0 Å². The van der Waals surface area contributed by atoms with Gasteiger partial charge in [-0.2, -0.15) is 0 Å². The molecule has 2 heterocycles. The fourth-order valence-electron chi connectivity index (χ4n) is 2.08. The van der Waals surface area contributed by atoms with E-state index in [0.29, 0.717) is 0 Å². The van der Waals surface area contributed by atoms with Crippen molar-refractivity contribution < 1.29 is 19.4 Å². The second-order valence-electron chi connectivity index (χ2n) is 3.45. The molecule has 2 unspecified atom stereocenters. The van der Waals surface area contributed by atoms with E-state index in [4.69, 9.17) is 9.84 Å². The molecule has 1 fully saturated rings. The van der Waals surface area contributed by atoms with E-state index in [0.717, 1.165) is 0 Å². The first-order chi connectivity index (χ1) is 7.65. The number of aliphatic carboxylic acids is 1. The van der Waals surface area contributed by atoms with Gasteiger partial charge in [0.1, 0.15) is 5.92 Å². The monoisotopic (exact) mass is 228 g/mol. The maximum Gasteiger partial charge on any atom is 0.310 e. The van der Waals surface area contributed by atoms with E-state index in [2.05, 4.69) is 11.1 Å². The first kappa shape index (κ1) is 12.7. The molecule has 2 rings (SSSR count). The number of carbonyl (C=O) groups is 2. The number of ether oxygens (including phenoxy) is 1. The Balaban J connectivity index is 0.000000606. The summed E-state index contributed by atoms with van der Waals surface area (Å²) in [5.41, 5.74) is 4.50. The summed E-state index contributed by atoms with van der Waals surface area (Å²) in [4.78, 5) is 22.4. The van der Waals surface area contributed by atoms with Crippen LogP contribution >= 0.6 is 0 Å². The number of amides is 1. The molecule has 0 aromatic heterocycles. The van der Waals surface area contributed by atoms with Gasteiger partial charge < -0.3 is 20.9 Å². The highest BCUT2D eigenvalue weighted by molar-refractivity contribution is 5.87. The number of hydrogen-bond acceptors (Lipinski definition) is 4. The van der Waals surface area contributed by atoms with Crippen molar-refractivity contribution in [2.24, 2.45) is 17.6 Å². The van der Waals surface area contributed by atoms with Crippen LogP contribution in [0.3, 0.4) is 0 Å². The molecular weight excluding hydrogens is 212 g/mol. The fraction of sp³-hybridized carbons (Fsp3) is 0.600. The summed E-state index contributed by atoms with van der Waals surface area (Å²) in [6, 6.07) is 0. The number of carbonyl (C=O) groups excluding carboxylic acids is 1. The van der Waals surface area contributed by atoms with Crippen LogP contribution in [0.25, 0.3) is 0 Å². The van der Waals surface area contributed by atoms with Crippen LogP contribution in [0.5, 0.6) is 0 Å². The molecule has 2 aliphatic rings. The van der Waals surface area contributed by atoms with Gasteiger partial charge in [0.15, 0.2) is 0 Å². The third-order valence-corrected chi connectivity index (χ3v) is 2.73. The van der Waals surface area contributed by atoms with Crippen molar-refractivity contribution in [2.45, 2.75) is 12.2 Å². The molecule has 1 amide bonds. The van der Waals surface area contributed by atoms with Gasteiger partial charge in [-0.05, 0) is 7.05 Å². The number of nitrogens with two attached hydrogens (primary N) is 1. The maximum absolute atomic E-state index is 11.4. The lowest BCUT2D eigenvalue weighted by molar-refractivity contribution is -0.146. The molecule has 2 aliphatic heterocycles. The lowest BCUT2D eigenvalue weighted by Gasteiger charge is -2.19. The number of carboxylic acid groups (broad SMARTS) is 1. The lowest BCUT2D eigenvalue weighted by atomic mass is 9.82. The van der Waals surface area contributed by atoms with Crippen LogP contribution in [0.15, 0.2) is 12.2 Å². The number of rotatable bonds is 2. The van der Waals surface area contributed by atoms with E-state index >= 15 is 0 Å². The van der Waals surface area contributed by atoms with Gasteiger partial charge in [-0.3, -0.25) is 9.59 Å². The quantitative estimate of drug-likeness (QED) is 0.524. The van der Waals surface area contributed by atoms with Gasteiger partial charge in [0.05, 0.1) is 18.1 Å². The summed E-state index contributed by atoms with van der Waals surface area (Å²) in [6.07, 6.45) is 2.65. The summed E-state index contributed by atoms with van der Waals surface area (Å²) >= 11 is 0. The van der Waals surface area contributed by atoms with Crippen LogP contribution in [0, 0.1) is 11.8 Å². The Kier molecular flexibility index (Phi) is 4.03. The van der Waals surface area contributed by atoms with Gasteiger partial charge in [-0.1, -0.05) is 12.2 Å². The minimum atomic E-state index is -0.976. The Hall–Kier alpha value is -1.40. The zero-order chi connectivity index (χ0) is 12.3. The largest absolute Gasteiger partial charge is 0.481 e. The zero-order valence-corrected chi connectivity index (χ0v) is 9.21. The molecule has 6 heteroatoms. The molecule has 0 radical (unpaired) electrons. The normalized spacial score (nSPS) is 34.2. The summed E-state index contributed by atoms with van der Waals surface area (Å²) in [5.74, 6) is -2.58. The smallest absolute Gasteiger partial charge is 0.310 e. The predicted octanol–water partition coefficient (Wildman–Crippen LogP) is -1.04. The molecule has 6 nitrogen and oxygen atoms in total. The van der Waals surface area contributed by atoms with Crippen LogP contribution < -0.4 is 11.1 Å². The molecule has 0 saturated carbocycles. The van der Waals surface area contributed by atoms with Gasteiger partial charge in [0.25, 0.3) is 0 Å². The Morgan fingerprint density at radius 1 is 1.25 bits per heavy atom. The van der Waals surface area contributed by atoms with Crippen molar-refractivity contribution in [1.29, 1.82) is 0 Å². The highest BCUT2D eigenvalue weighted by Gasteiger charge is 2.52. The summed E-state index contributed by atoms with van der Waals surface area (Å²) in [7, 11) is 3.00. The van der Waals surface area contributed by atoms with Gasteiger partial charge >= 0.3 is 5.97 Å². The third kappa shape index (κ3) is 1.94. The summed E-state index contributed by atoms with van der Waals surface area (Å²) < 4.78 is 5.33. The van der Waals surface area contributed by atoms with Crippen LogP contribution in [0.4, 0.5) is 0 Å². The Morgan fingerprint density at radius 2 is 1.75 bits per heavy atom. The van der Waals surface area contributed by atoms with Crippen LogP contribution in [-0.2, 0) is 14.3 Å². The number of fused-ring (bicyclic) bond motifs is 2. The predicted molar refractivity (Wildman–Crippen MR) is 56.6 cm³/mol. The van der Waals surface area contributed by atoms with Gasteiger partial charge in [0, 0.05) is 7.05 Å². The van der Waals surface area contributed by atoms with Crippen molar-refractivity contribution in [2.75, 3.05) is 14.1 Å². The SMILES string of the molecule is CN.CNC(=O)C1C(C(=O)O)[C@@H]2C=C[C@H]1O2. The lowest BCUT2D eigenvalue weighted by Crippen LogP contribution is -2.41. The zero-order valence-electron chi connectivity index (χ0n) is 9.21. The number of hydrogen-bond donors (Lipinski definition) is 3. The number of nitrogens with one attached hydrogen (secondary N) is 1. The minimum Gasteiger partial charge on any atom is -0.481 e. The van der Waals surface area contributed by atoms with E-state index in [1.165, 1.54) is 14.1 Å². The van der Waals surface area contributed by atoms with Crippen molar-refractivity contribution in [1.82, 2.24) is 5.32 Å². The molecule has 2 bridgehead atoms. The number of carboxylic acids is 1. The van der Waals surface area contributed by atoms with Crippen LogP contribution in [0.2, 0.25) is 0 Å². The minimum absolute atomic E-state index is 0.269. The third-order valence-electron chi connectivity index (χ3n) is 2.73. The molecule has 0 spiro atoms.